The number of ketones is 1. The molecule has 10 heteroatoms. The summed E-state index contributed by atoms with van der Waals surface area (Å²) in [5, 5.41) is 9.48. The van der Waals surface area contributed by atoms with Gasteiger partial charge in [-0.05, 0) is 17.9 Å². The van der Waals surface area contributed by atoms with Crippen molar-refractivity contribution in [2.45, 2.75) is 17.6 Å². The number of Topliss-reactive ketones (excluding diaryl/α,β-unsaturated/α-hetero) is 1. The van der Waals surface area contributed by atoms with Crippen molar-refractivity contribution in [2.24, 2.45) is 0 Å². The number of nitrogens with two attached hydrogens (primary N) is 1. The third kappa shape index (κ3) is 4.86. The average Bonchev–Trinajstić information content (AvgIpc) is 2.58. The molecule has 1 aromatic heterocycles. The number of alkyl halides is 3. The summed E-state index contributed by atoms with van der Waals surface area (Å²) in [6.45, 7) is -0.463. The summed E-state index contributed by atoms with van der Waals surface area (Å²) < 4.78 is 43.3. The average molecular weight is 382 g/mol. The Morgan fingerprint density at radius 1 is 1.38 bits per heavy atom. The molecular formula is C16H13F3N4O2S. The lowest BCUT2D eigenvalue weighted by atomic mass is 10.1. The number of benzene rings is 1. The minimum atomic E-state index is -4.48. The molecule has 2 aromatic rings. The molecule has 1 aromatic carbocycles. The Kier molecular flexibility index (Phi) is 6.05. The van der Waals surface area contributed by atoms with Gasteiger partial charge < -0.3 is 10.5 Å². The normalized spacial score (nSPS) is 11.0. The Morgan fingerprint density at radius 2 is 2.12 bits per heavy atom. The first kappa shape index (κ1) is 19.5. The molecule has 6 nitrogen and oxygen atoms in total. The number of hydrogen-bond donors (Lipinski definition) is 1. The standard InChI is InChI=1S/C16H13F3N4O2S/c1-26-14-12(7-20)13(22-15(21)23-14)25-8-11(24)6-9-3-2-4-10(5-9)16(17,18)19/h2-5H,6,8H2,1H3,(H2,21,22,23). The van der Waals surface area contributed by atoms with Crippen LogP contribution in [-0.2, 0) is 17.4 Å². The first-order valence-corrected chi connectivity index (χ1v) is 8.39. The number of anilines is 1. The molecule has 26 heavy (non-hydrogen) atoms. The highest BCUT2D eigenvalue weighted by Crippen LogP contribution is 2.29. The van der Waals surface area contributed by atoms with Gasteiger partial charge in [0.2, 0.25) is 11.8 Å². The Morgan fingerprint density at radius 3 is 2.73 bits per heavy atom. The van der Waals surface area contributed by atoms with Gasteiger partial charge in [0.15, 0.2) is 5.78 Å². The lowest BCUT2D eigenvalue weighted by Gasteiger charge is -2.10. The molecule has 2 rings (SSSR count). The van der Waals surface area contributed by atoms with Gasteiger partial charge in [0.1, 0.15) is 23.3 Å². The summed E-state index contributed by atoms with van der Waals surface area (Å²) in [6, 6.07) is 6.37. The molecule has 0 spiro atoms. The van der Waals surface area contributed by atoms with Crippen LogP contribution in [0.25, 0.3) is 0 Å². The third-order valence-electron chi connectivity index (χ3n) is 3.19. The first-order chi connectivity index (χ1) is 12.2. The van der Waals surface area contributed by atoms with E-state index in [1.165, 1.54) is 12.1 Å². The highest BCUT2D eigenvalue weighted by molar-refractivity contribution is 7.98. The van der Waals surface area contributed by atoms with Crippen LogP contribution in [0.2, 0.25) is 0 Å². The largest absolute Gasteiger partial charge is 0.469 e. The van der Waals surface area contributed by atoms with Gasteiger partial charge in [-0.25, -0.2) is 4.98 Å². The van der Waals surface area contributed by atoms with Gasteiger partial charge in [-0.1, -0.05) is 18.2 Å². The molecule has 0 aliphatic heterocycles. The molecular weight excluding hydrogens is 369 g/mol. The van der Waals surface area contributed by atoms with Crippen LogP contribution in [0.3, 0.4) is 0 Å². The number of rotatable bonds is 6. The summed E-state index contributed by atoms with van der Waals surface area (Å²) in [6.07, 6.45) is -3.04. The zero-order valence-corrected chi connectivity index (χ0v) is 14.3. The van der Waals surface area contributed by atoms with Crippen molar-refractivity contribution < 1.29 is 22.7 Å². The molecule has 136 valence electrons. The van der Waals surface area contributed by atoms with Gasteiger partial charge in [0.05, 0.1) is 5.56 Å². The van der Waals surface area contributed by atoms with Gasteiger partial charge in [0, 0.05) is 6.42 Å². The summed E-state index contributed by atoms with van der Waals surface area (Å²) in [5.74, 6) is -0.730. The van der Waals surface area contributed by atoms with Crippen LogP contribution < -0.4 is 10.5 Å². The predicted octanol–water partition coefficient (Wildman–Crippen LogP) is 2.86. The lowest BCUT2D eigenvalue weighted by molar-refractivity contribution is -0.137. The van der Waals surface area contributed by atoms with Gasteiger partial charge in [-0.2, -0.15) is 23.4 Å². The lowest BCUT2D eigenvalue weighted by Crippen LogP contribution is -2.16. The Hall–Kier alpha value is -2.80. The number of carbonyl (C=O) groups is 1. The number of thioether (sulfide) groups is 1. The zero-order chi connectivity index (χ0) is 19.3. The summed E-state index contributed by atoms with van der Waals surface area (Å²) in [5.41, 5.74) is 4.95. The third-order valence-corrected chi connectivity index (χ3v) is 3.87. The second-order valence-corrected chi connectivity index (χ2v) is 5.88. The van der Waals surface area contributed by atoms with Gasteiger partial charge in [0.25, 0.3) is 0 Å². The Balaban J connectivity index is 2.09. The summed E-state index contributed by atoms with van der Waals surface area (Å²) >= 11 is 1.16. The number of aromatic nitrogens is 2. The van der Waals surface area contributed by atoms with Crippen LogP contribution in [0, 0.1) is 11.3 Å². The van der Waals surface area contributed by atoms with E-state index >= 15 is 0 Å². The second kappa shape index (κ2) is 8.05. The monoisotopic (exact) mass is 382 g/mol. The fraction of sp³-hybridized carbons (Fsp3) is 0.250. The highest BCUT2D eigenvalue weighted by Gasteiger charge is 2.30. The van der Waals surface area contributed by atoms with E-state index in [-0.39, 0.29) is 29.4 Å². The van der Waals surface area contributed by atoms with E-state index < -0.39 is 24.1 Å². The van der Waals surface area contributed by atoms with Crippen molar-refractivity contribution >= 4 is 23.5 Å². The molecule has 0 amide bonds. The van der Waals surface area contributed by atoms with Crippen LogP contribution in [0.15, 0.2) is 29.3 Å². The molecule has 0 fully saturated rings. The topological polar surface area (TPSA) is 102 Å². The molecule has 0 radical (unpaired) electrons. The number of nitriles is 1. The fourth-order valence-corrected chi connectivity index (χ4v) is 2.59. The molecule has 0 aliphatic rings. The molecule has 0 unspecified atom stereocenters. The van der Waals surface area contributed by atoms with Crippen molar-refractivity contribution in [3.8, 4) is 11.9 Å². The van der Waals surface area contributed by atoms with Crippen LogP contribution >= 0.6 is 11.8 Å². The van der Waals surface area contributed by atoms with E-state index in [9.17, 15) is 23.2 Å². The Bertz CT molecular complexity index is 866. The minimum Gasteiger partial charge on any atom is -0.469 e. The van der Waals surface area contributed by atoms with E-state index in [1.807, 2.05) is 6.07 Å². The second-order valence-electron chi connectivity index (χ2n) is 5.09. The van der Waals surface area contributed by atoms with Crippen molar-refractivity contribution in [3.05, 3.63) is 41.0 Å². The number of carbonyl (C=O) groups excluding carboxylic acids is 1. The Labute approximate surface area is 151 Å². The van der Waals surface area contributed by atoms with E-state index in [1.54, 1.807) is 6.26 Å². The number of halogens is 3. The van der Waals surface area contributed by atoms with Crippen molar-refractivity contribution in [3.63, 3.8) is 0 Å². The maximum absolute atomic E-state index is 12.7. The number of nitrogen functional groups attached to an aromatic ring is 1. The molecule has 0 atom stereocenters. The quantitative estimate of drug-likeness (QED) is 0.605. The van der Waals surface area contributed by atoms with Gasteiger partial charge in [-0.15, -0.1) is 11.8 Å². The molecule has 0 aliphatic carbocycles. The van der Waals surface area contributed by atoms with Crippen LogP contribution in [0.5, 0.6) is 5.88 Å². The molecule has 1 heterocycles. The predicted molar refractivity (Wildman–Crippen MR) is 88.6 cm³/mol. The van der Waals surface area contributed by atoms with Crippen LogP contribution in [0.1, 0.15) is 16.7 Å². The summed E-state index contributed by atoms with van der Waals surface area (Å²) in [4.78, 5) is 19.7. The van der Waals surface area contributed by atoms with Gasteiger partial charge >= 0.3 is 6.18 Å². The van der Waals surface area contributed by atoms with E-state index in [2.05, 4.69) is 9.97 Å². The minimum absolute atomic E-state index is 0.0403. The van der Waals surface area contributed by atoms with E-state index in [0.717, 1.165) is 23.9 Å². The van der Waals surface area contributed by atoms with Crippen molar-refractivity contribution in [2.75, 3.05) is 18.6 Å². The first-order valence-electron chi connectivity index (χ1n) is 7.16. The van der Waals surface area contributed by atoms with Crippen LogP contribution in [0.4, 0.5) is 19.1 Å². The number of nitrogens with zero attached hydrogens (tertiary/aromatic N) is 3. The maximum atomic E-state index is 12.7. The fourth-order valence-electron chi connectivity index (χ4n) is 2.07. The SMILES string of the molecule is CSc1nc(N)nc(OCC(=O)Cc2cccc(C(F)(F)F)c2)c1C#N. The van der Waals surface area contributed by atoms with E-state index in [4.69, 9.17) is 10.5 Å². The molecule has 0 saturated carbocycles. The van der Waals surface area contributed by atoms with Crippen molar-refractivity contribution in [1.82, 2.24) is 9.97 Å². The zero-order valence-electron chi connectivity index (χ0n) is 13.5. The molecule has 0 saturated heterocycles. The molecule has 2 N–H and O–H groups in total. The summed E-state index contributed by atoms with van der Waals surface area (Å²) in [7, 11) is 0. The maximum Gasteiger partial charge on any atom is 0.416 e. The van der Waals surface area contributed by atoms with Crippen molar-refractivity contribution in [1.29, 1.82) is 5.26 Å². The number of ether oxygens (including phenoxy) is 1. The van der Waals surface area contributed by atoms with Crippen LogP contribution in [-0.4, -0.2) is 28.6 Å². The molecule has 0 bridgehead atoms. The van der Waals surface area contributed by atoms with E-state index in [0.29, 0.717) is 5.03 Å². The number of hydrogen-bond acceptors (Lipinski definition) is 7. The van der Waals surface area contributed by atoms with Gasteiger partial charge in [-0.3, -0.25) is 4.79 Å². The smallest absolute Gasteiger partial charge is 0.416 e. The highest BCUT2D eigenvalue weighted by atomic mass is 32.2.